The third-order valence-electron chi connectivity index (χ3n) is 6.33. The summed E-state index contributed by atoms with van der Waals surface area (Å²) in [5.41, 5.74) is 1.21. The Labute approximate surface area is 210 Å². The number of H-pyrrole nitrogens is 2. The number of nitrogens with zero attached hydrogens (tertiary/aromatic N) is 3. The van der Waals surface area contributed by atoms with Crippen molar-refractivity contribution in [3.05, 3.63) is 77.5 Å². The fourth-order valence-electron chi connectivity index (χ4n) is 4.39. The van der Waals surface area contributed by atoms with Gasteiger partial charge in [0.2, 0.25) is 0 Å². The van der Waals surface area contributed by atoms with Crippen LogP contribution in [0.15, 0.2) is 54.9 Å². The van der Waals surface area contributed by atoms with E-state index in [2.05, 4.69) is 19.7 Å². The van der Waals surface area contributed by atoms with E-state index in [0.717, 1.165) is 0 Å². The fourth-order valence-corrected chi connectivity index (χ4v) is 4.39. The predicted octanol–water partition coefficient (Wildman–Crippen LogP) is 2.65. The maximum absolute atomic E-state index is 14.9. The molecule has 11 heteroatoms. The molecule has 0 atom stereocenters. The standard InChI is InChI=1S/C26H22FN5O5/c1-37-26(36)19-14-29-23(30-19)16-7-8-18(27)20-17(13-28-21(16)20)22(33)25(35)32-11-9-31(10-12-32)24(34)15-5-3-2-4-6-15/h2-8,13-14,28H,9-12H2,1H3,(H,29,30). The van der Waals surface area contributed by atoms with Crippen LogP contribution in [0.4, 0.5) is 4.39 Å². The van der Waals surface area contributed by atoms with E-state index in [1.54, 1.807) is 29.2 Å². The number of piperazine rings is 1. The van der Waals surface area contributed by atoms with E-state index in [1.165, 1.54) is 36.5 Å². The minimum absolute atomic E-state index is 0.0511. The monoisotopic (exact) mass is 503 g/mol. The molecule has 0 aliphatic carbocycles. The number of carbonyl (C=O) groups excluding carboxylic acids is 4. The highest BCUT2D eigenvalue weighted by Crippen LogP contribution is 2.31. The summed E-state index contributed by atoms with van der Waals surface area (Å²) in [6.45, 7) is 0.921. The number of hydrogen-bond donors (Lipinski definition) is 2. The lowest BCUT2D eigenvalue weighted by Crippen LogP contribution is -2.52. The van der Waals surface area contributed by atoms with Gasteiger partial charge in [0, 0.05) is 48.9 Å². The zero-order valence-corrected chi connectivity index (χ0v) is 19.8. The first kappa shape index (κ1) is 23.9. The van der Waals surface area contributed by atoms with Crippen LogP contribution in [0, 0.1) is 5.82 Å². The lowest BCUT2D eigenvalue weighted by Gasteiger charge is -2.34. The summed E-state index contributed by atoms with van der Waals surface area (Å²) in [5, 5.41) is -0.0511. The van der Waals surface area contributed by atoms with Crippen molar-refractivity contribution >= 4 is 34.5 Å². The van der Waals surface area contributed by atoms with E-state index in [1.807, 2.05) is 6.07 Å². The second-order valence-electron chi connectivity index (χ2n) is 8.46. The first-order chi connectivity index (χ1) is 17.9. The summed E-state index contributed by atoms with van der Waals surface area (Å²) in [6, 6.07) is 11.4. The third-order valence-corrected chi connectivity index (χ3v) is 6.33. The fraction of sp³-hybridized carbons (Fsp3) is 0.192. The van der Waals surface area contributed by atoms with Gasteiger partial charge in [0.15, 0.2) is 0 Å². The smallest absolute Gasteiger partial charge is 0.356 e. The number of ketones is 1. The Morgan fingerprint density at radius 2 is 1.68 bits per heavy atom. The number of benzene rings is 2. The van der Waals surface area contributed by atoms with Crippen molar-refractivity contribution in [1.82, 2.24) is 24.8 Å². The second kappa shape index (κ2) is 9.69. The number of hydrogen-bond acceptors (Lipinski definition) is 6. The first-order valence-corrected chi connectivity index (χ1v) is 11.5. The SMILES string of the molecule is COC(=O)c1cnc(-c2ccc(F)c3c(C(=O)C(=O)N4CCN(C(=O)c5ccccc5)CC4)c[nH]c23)[nH]1. The summed E-state index contributed by atoms with van der Waals surface area (Å²) in [7, 11) is 1.24. The van der Waals surface area contributed by atoms with Gasteiger partial charge in [0.25, 0.3) is 17.6 Å². The normalized spacial score (nSPS) is 13.6. The molecule has 1 aliphatic rings. The molecule has 0 saturated carbocycles. The highest BCUT2D eigenvalue weighted by Gasteiger charge is 2.31. The lowest BCUT2D eigenvalue weighted by atomic mass is 10.0. The molecule has 5 rings (SSSR count). The first-order valence-electron chi connectivity index (χ1n) is 11.5. The van der Waals surface area contributed by atoms with Crippen LogP contribution in [-0.2, 0) is 9.53 Å². The molecule has 2 aromatic heterocycles. The average molecular weight is 503 g/mol. The molecular formula is C26H22FN5O5. The van der Waals surface area contributed by atoms with E-state index < -0.39 is 23.5 Å². The van der Waals surface area contributed by atoms with Crippen LogP contribution in [0.25, 0.3) is 22.3 Å². The Morgan fingerprint density at radius 1 is 0.973 bits per heavy atom. The molecule has 1 fully saturated rings. The summed E-state index contributed by atoms with van der Waals surface area (Å²) in [6.07, 6.45) is 2.58. The highest BCUT2D eigenvalue weighted by molar-refractivity contribution is 6.45. The number of carbonyl (C=O) groups is 4. The molecule has 1 aliphatic heterocycles. The molecule has 0 spiro atoms. The molecule has 4 aromatic rings. The van der Waals surface area contributed by atoms with E-state index in [0.29, 0.717) is 11.1 Å². The van der Waals surface area contributed by atoms with Crippen LogP contribution < -0.4 is 0 Å². The van der Waals surface area contributed by atoms with Gasteiger partial charge in [0.1, 0.15) is 17.3 Å². The lowest BCUT2D eigenvalue weighted by molar-refractivity contribution is -0.127. The van der Waals surface area contributed by atoms with Gasteiger partial charge in [-0.3, -0.25) is 14.4 Å². The maximum atomic E-state index is 14.9. The van der Waals surface area contributed by atoms with E-state index in [-0.39, 0.29) is 60.1 Å². The molecule has 37 heavy (non-hydrogen) atoms. The molecule has 188 valence electrons. The van der Waals surface area contributed by atoms with Gasteiger partial charge in [0.05, 0.1) is 24.4 Å². The summed E-state index contributed by atoms with van der Waals surface area (Å²) < 4.78 is 19.6. The Hall–Kier alpha value is -4.80. The van der Waals surface area contributed by atoms with Gasteiger partial charge >= 0.3 is 5.97 Å². The third kappa shape index (κ3) is 4.35. The average Bonchev–Trinajstić information content (AvgIpc) is 3.61. The highest BCUT2D eigenvalue weighted by atomic mass is 19.1. The number of imidazole rings is 1. The van der Waals surface area contributed by atoms with E-state index in [9.17, 15) is 23.6 Å². The van der Waals surface area contributed by atoms with Crippen molar-refractivity contribution < 1.29 is 28.3 Å². The van der Waals surface area contributed by atoms with Gasteiger partial charge in [-0.1, -0.05) is 18.2 Å². The number of esters is 1. The molecule has 0 unspecified atom stereocenters. The number of amides is 2. The van der Waals surface area contributed by atoms with Crippen LogP contribution in [0.1, 0.15) is 31.2 Å². The summed E-state index contributed by atoms with van der Waals surface area (Å²) >= 11 is 0. The van der Waals surface area contributed by atoms with Crippen LogP contribution in [0.2, 0.25) is 0 Å². The molecule has 3 heterocycles. The molecule has 2 N–H and O–H groups in total. The van der Waals surface area contributed by atoms with Gasteiger partial charge in [-0.15, -0.1) is 0 Å². The molecular weight excluding hydrogens is 481 g/mol. The Kier molecular flexibility index (Phi) is 6.26. The van der Waals surface area contributed by atoms with Gasteiger partial charge in [-0.2, -0.15) is 0 Å². The van der Waals surface area contributed by atoms with Crippen molar-refractivity contribution in [3.63, 3.8) is 0 Å². The number of rotatable bonds is 5. The van der Waals surface area contributed by atoms with Gasteiger partial charge in [-0.05, 0) is 24.3 Å². The number of halogens is 1. The molecule has 0 radical (unpaired) electrons. The minimum Gasteiger partial charge on any atom is -0.464 e. The van der Waals surface area contributed by atoms with Crippen LogP contribution in [0.5, 0.6) is 0 Å². The largest absolute Gasteiger partial charge is 0.464 e. The van der Waals surface area contributed by atoms with Crippen LogP contribution >= 0.6 is 0 Å². The van der Waals surface area contributed by atoms with Gasteiger partial charge in [-0.25, -0.2) is 14.2 Å². The second-order valence-corrected chi connectivity index (χ2v) is 8.46. The molecule has 2 amide bonds. The Balaban J connectivity index is 1.35. The molecule has 10 nitrogen and oxygen atoms in total. The number of fused-ring (bicyclic) bond motifs is 1. The van der Waals surface area contributed by atoms with Gasteiger partial charge < -0.3 is 24.5 Å². The maximum Gasteiger partial charge on any atom is 0.356 e. The van der Waals surface area contributed by atoms with Crippen molar-refractivity contribution in [2.45, 2.75) is 0 Å². The summed E-state index contributed by atoms with van der Waals surface area (Å²) in [5.74, 6) is -2.82. The van der Waals surface area contributed by atoms with E-state index >= 15 is 0 Å². The van der Waals surface area contributed by atoms with Crippen molar-refractivity contribution in [3.8, 4) is 11.4 Å². The van der Waals surface area contributed by atoms with Crippen molar-refractivity contribution in [1.29, 1.82) is 0 Å². The molecule has 1 saturated heterocycles. The number of nitrogens with one attached hydrogen (secondary N) is 2. The number of Topliss-reactive ketones (excluding diaryl/α,β-unsaturated/α-hetero) is 1. The number of aromatic nitrogens is 3. The van der Waals surface area contributed by atoms with Crippen molar-refractivity contribution in [2.24, 2.45) is 0 Å². The Morgan fingerprint density at radius 3 is 2.38 bits per heavy atom. The number of methoxy groups -OCH3 is 1. The molecule has 2 aromatic carbocycles. The summed E-state index contributed by atoms with van der Waals surface area (Å²) in [4.78, 5) is 63.4. The van der Waals surface area contributed by atoms with Crippen LogP contribution in [-0.4, -0.2) is 81.6 Å². The number of ether oxygens (including phenoxy) is 1. The minimum atomic E-state index is -0.861. The van der Waals surface area contributed by atoms with Crippen molar-refractivity contribution in [2.75, 3.05) is 33.3 Å². The van der Waals surface area contributed by atoms with E-state index in [4.69, 9.17) is 0 Å². The number of aromatic amines is 2. The quantitative estimate of drug-likeness (QED) is 0.245. The van der Waals surface area contributed by atoms with Crippen LogP contribution in [0.3, 0.4) is 0 Å². The predicted molar refractivity (Wildman–Crippen MR) is 130 cm³/mol. The molecule has 0 bridgehead atoms. The topological polar surface area (TPSA) is 128 Å². The Bertz CT molecular complexity index is 1520. The zero-order chi connectivity index (χ0) is 26.1. The zero-order valence-electron chi connectivity index (χ0n) is 19.8.